The molecule has 206 valence electrons. The van der Waals surface area contributed by atoms with Gasteiger partial charge in [0.25, 0.3) is 0 Å². The third kappa shape index (κ3) is 6.15. The van der Waals surface area contributed by atoms with Gasteiger partial charge in [0, 0.05) is 20.9 Å². The van der Waals surface area contributed by atoms with Gasteiger partial charge in [-0.25, -0.2) is 4.79 Å². The number of carbonyl (C=O) groups is 1. The Bertz CT molecular complexity index is 1880. The number of allylic oxidation sites excluding steroid dienone is 3. The maximum absolute atomic E-state index is 11.3. The molecule has 0 atom stereocenters. The van der Waals surface area contributed by atoms with Crippen LogP contribution in [0.4, 0.5) is 0 Å². The predicted molar refractivity (Wildman–Crippen MR) is 173 cm³/mol. The van der Waals surface area contributed by atoms with Crippen molar-refractivity contribution in [1.82, 2.24) is 0 Å². The number of thiophene rings is 1. The number of hydrogen-bond donors (Lipinski definition) is 1. The molecule has 43 heavy (non-hydrogen) atoms. The molecule has 1 N–H and O–H groups in total. The van der Waals surface area contributed by atoms with E-state index in [-0.39, 0.29) is 5.57 Å². The molecular weight excluding hydrogens is 550 g/mol. The first-order valence-electron chi connectivity index (χ1n) is 13.7. The van der Waals surface area contributed by atoms with Gasteiger partial charge in [-0.1, -0.05) is 115 Å². The Hall–Kier alpha value is -5.70. The van der Waals surface area contributed by atoms with E-state index in [1.807, 2.05) is 66.7 Å². The minimum atomic E-state index is -1.23. The van der Waals surface area contributed by atoms with Gasteiger partial charge in [0.2, 0.25) is 0 Å². The number of carboxylic acid groups (broad SMARTS) is 1. The Kier molecular flexibility index (Phi) is 7.95. The van der Waals surface area contributed by atoms with Crippen LogP contribution in [0.3, 0.4) is 0 Å². The molecule has 6 rings (SSSR count). The highest BCUT2D eigenvalue weighted by molar-refractivity contribution is 7.16. The second-order valence-electron chi connectivity index (χ2n) is 9.80. The first kappa shape index (κ1) is 27.5. The van der Waals surface area contributed by atoms with Gasteiger partial charge in [0.15, 0.2) is 0 Å². The Labute approximate surface area is 254 Å². The summed E-state index contributed by atoms with van der Waals surface area (Å²) in [4.78, 5) is 13.0. The highest BCUT2D eigenvalue weighted by atomic mass is 32.1. The van der Waals surface area contributed by atoms with Crippen LogP contribution in [0.2, 0.25) is 0 Å². The Morgan fingerprint density at radius 2 is 1.21 bits per heavy atom. The molecule has 0 aliphatic carbocycles. The molecule has 0 radical (unpaired) electrons. The van der Waals surface area contributed by atoms with Crippen molar-refractivity contribution in [2.24, 2.45) is 0 Å². The van der Waals surface area contributed by atoms with Crippen LogP contribution in [0.5, 0.6) is 0 Å². The van der Waals surface area contributed by atoms with Crippen LogP contribution in [0, 0.1) is 11.3 Å². The van der Waals surface area contributed by atoms with Gasteiger partial charge in [0.05, 0.1) is 0 Å². The normalized spacial score (nSPS) is 12.9. The van der Waals surface area contributed by atoms with Crippen LogP contribution in [0.25, 0.3) is 33.6 Å². The van der Waals surface area contributed by atoms with Crippen LogP contribution < -0.4 is 0 Å². The van der Waals surface area contributed by atoms with Crippen molar-refractivity contribution in [2.75, 3.05) is 0 Å². The summed E-state index contributed by atoms with van der Waals surface area (Å²) in [6, 6.07) is 44.4. The molecule has 0 bridgehead atoms. The van der Waals surface area contributed by atoms with Gasteiger partial charge in [-0.2, -0.15) is 5.26 Å². The third-order valence-corrected chi connectivity index (χ3v) is 8.06. The largest absolute Gasteiger partial charge is 0.477 e. The Balaban J connectivity index is 1.46. The van der Waals surface area contributed by atoms with E-state index in [4.69, 9.17) is 10.00 Å². The summed E-state index contributed by atoms with van der Waals surface area (Å²) in [5, 5.41) is 18.3. The van der Waals surface area contributed by atoms with E-state index in [2.05, 4.69) is 72.8 Å². The lowest BCUT2D eigenvalue weighted by atomic mass is 9.90. The van der Waals surface area contributed by atoms with Crippen molar-refractivity contribution in [3.63, 3.8) is 0 Å². The SMILES string of the molecule is N#C/C(=C\c1ccc(-c2ccc(C(=C3C=C(c4ccccc4)OC(c4ccccc4)=C3)c3ccccc3)cc2)s1)C(=O)O. The van der Waals surface area contributed by atoms with Gasteiger partial charge in [-0.3, -0.25) is 0 Å². The van der Waals surface area contributed by atoms with E-state index in [0.717, 1.165) is 55.4 Å². The highest BCUT2D eigenvalue weighted by Crippen LogP contribution is 2.38. The van der Waals surface area contributed by atoms with E-state index < -0.39 is 5.97 Å². The van der Waals surface area contributed by atoms with Crippen molar-refractivity contribution in [1.29, 1.82) is 5.26 Å². The maximum atomic E-state index is 11.3. The number of carboxylic acids is 1. The molecule has 5 aromatic rings. The highest BCUT2D eigenvalue weighted by Gasteiger charge is 2.19. The van der Waals surface area contributed by atoms with Crippen LogP contribution in [0.1, 0.15) is 27.1 Å². The molecule has 0 fully saturated rings. The van der Waals surface area contributed by atoms with Crippen LogP contribution >= 0.6 is 11.3 Å². The zero-order chi connectivity index (χ0) is 29.6. The molecule has 0 spiro atoms. The lowest BCUT2D eigenvalue weighted by Gasteiger charge is -2.22. The number of hydrogen-bond acceptors (Lipinski definition) is 4. The predicted octanol–water partition coefficient (Wildman–Crippen LogP) is 9.32. The number of nitrogens with zero attached hydrogens (tertiary/aromatic N) is 1. The van der Waals surface area contributed by atoms with Gasteiger partial charge in [-0.05, 0) is 58.2 Å². The lowest BCUT2D eigenvalue weighted by molar-refractivity contribution is -0.132. The average molecular weight is 576 g/mol. The Morgan fingerprint density at radius 1 is 0.674 bits per heavy atom. The molecule has 4 nitrogen and oxygen atoms in total. The maximum Gasteiger partial charge on any atom is 0.346 e. The van der Waals surface area contributed by atoms with Gasteiger partial charge in [0.1, 0.15) is 23.2 Å². The molecule has 2 heterocycles. The monoisotopic (exact) mass is 575 g/mol. The second-order valence-corrected chi connectivity index (χ2v) is 10.9. The molecular formula is C38H25NO3S. The molecule has 0 saturated carbocycles. The number of benzene rings is 4. The quantitative estimate of drug-likeness (QED) is 0.155. The zero-order valence-electron chi connectivity index (χ0n) is 23.0. The van der Waals surface area contributed by atoms with Gasteiger partial charge in [-0.15, -0.1) is 11.3 Å². The smallest absolute Gasteiger partial charge is 0.346 e. The Morgan fingerprint density at radius 3 is 1.74 bits per heavy atom. The van der Waals surface area contributed by atoms with Crippen molar-refractivity contribution >= 4 is 40.5 Å². The van der Waals surface area contributed by atoms with Crippen LogP contribution in [0.15, 0.2) is 151 Å². The molecule has 1 aliphatic heterocycles. The average Bonchev–Trinajstić information content (AvgIpc) is 3.54. The van der Waals surface area contributed by atoms with Crippen LogP contribution in [-0.2, 0) is 9.53 Å². The van der Waals surface area contributed by atoms with Crippen molar-refractivity contribution in [2.45, 2.75) is 0 Å². The molecule has 4 aromatic carbocycles. The van der Waals surface area contributed by atoms with E-state index in [1.165, 1.54) is 17.4 Å². The van der Waals surface area contributed by atoms with E-state index in [9.17, 15) is 9.90 Å². The van der Waals surface area contributed by atoms with Crippen molar-refractivity contribution in [3.05, 3.63) is 178 Å². The van der Waals surface area contributed by atoms with E-state index >= 15 is 0 Å². The summed E-state index contributed by atoms with van der Waals surface area (Å²) in [5.74, 6) is 0.323. The third-order valence-electron chi connectivity index (χ3n) is 6.98. The van der Waals surface area contributed by atoms with Crippen molar-refractivity contribution in [3.8, 4) is 16.5 Å². The standard InChI is InChI=1S/C38H25NO3S/c39-25-32(38(40)41)22-33-20-21-36(43-33)28-16-18-30(19-17-28)37(29-14-8-3-9-15-29)31-23-34(26-10-4-1-5-11-26)42-35(24-31)27-12-6-2-7-13-27/h1-24H,(H,40,41)/b32-22+. The molecule has 5 heteroatoms. The van der Waals surface area contributed by atoms with E-state index in [1.54, 1.807) is 6.07 Å². The number of rotatable bonds is 7. The summed E-state index contributed by atoms with van der Waals surface area (Å²) in [7, 11) is 0. The van der Waals surface area contributed by atoms with Crippen molar-refractivity contribution < 1.29 is 14.6 Å². The van der Waals surface area contributed by atoms with Crippen LogP contribution in [-0.4, -0.2) is 11.1 Å². The zero-order valence-corrected chi connectivity index (χ0v) is 23.8. The topological polar surface area (TPSA) is 70.3 Å². The molecule has 1 aromatic heterocycles. The molecule has 0 unspecified atom stereocenters. The summed E-state index contributed by atoms with van der Waals surface area (Å²) < 4.78 is 6.47. The fourth-order valence-corrected chi connectivity index (χ4v) is 5.87. The molecule has 1 aliphatic rings. The fourth-order valence-electron chi connectivity index (χ4n) is 4.91. The lowest BCUT2D eigenvalue weighted by Crippen LogP contribution is -2.02. The summed E-state index contributed by atoms with van der Waals surface area (Å²) in [5.41, 5.74) is 6.95. The minimum absolute atomic E-state index is 0.287. The first-order chi connectivity index (χ1) is 21.1. The number of ether oxygens (including phenoxy) is 1. The second kappa shape index (κ2) is 12.4. The number of nitriles is 1. The van der Waals surface area contributed by atoms with E-state index in [0.29, 0.717) is 4.88 Å². The fraction of sp³-hybridized carbons (Fsp3) is 0. The first-order valence-corrected chi connectivity index (χ1v) is 14.5. The number of aliphatic carboxylic acids is 1. The van der Waals surface area contributed by atoms with Gasteiger partial charge < -0.3 is 9.84 Å². The minimum Gasteiger partial charge on any atom is -0.477 e. The summed E-state index contributed by atoms with van der Waals surface area (Å²) in [6.45, 7) is 0. The summed E-state index contributed by atoms with van der Waals surface area (Å²) in [6.07, 6.45) is 5.61. The molecule has 0 amide bonds. The molecule has 0 saturated heterocycles. The summed E-state index contributed by atoms with van der Waals surface area (Å²) >= 11 is 1.44. The van der Waals surface area contributed by atoms with Gasteiger partial charge >= 0.3 is 5.97 Å².